The number of thiazole rings is 1. The zero-order valence-corrected chi connectivity index (χ0v) is 21.4. The summed E-state index contributed by atoms with van der Waals surface area (Å²) in [5.74, 6) is 4.15. The van der Waals surface area contributed by atoms with E-state index in [9.17, 15) is 14.0 Å². The van der Waals surface area contributed by atoms with E-state index < -0.39 is 17.7 Å². The number of carbonyl (C=O) groups is 2. The highest BCUT2D eigenvalue weighted by atomic mass is 35.5. The van der Waals surface area contributed by atoms with Gasteiger partial charge in [-0.1, -0.05) is 55.0 Å². The van der Waals surface area contributed by atoms with Crippen molar-refractivity contribution in [1.82, 2.24) is 4.98 Å². The number of halogens is 3. The molecule has 1 amide bonds. The van der Waals surface area contributed by atoms with Crippen LogP contribution in [0.3, 0.4) is 0 Å². The van der Waals surface area contributed by atoms with E-state index >= 15 is 0 Å². The molecule has 1 aromatic heterocycles. The molecule has 0 bridgehead atoms. The molecule has 0 spiro atoms. The van der Waals surface area contributed by atoms with Crippen LogP contribution < -0.4 is 5.32 Å². The molecule has 0 unspecified atom stereocenters. The highest BCUT2D eigenvalue weighted by Gasteiger charge is 2.16. The van der Waals surface area contributed by atoms with Crippen molar-refractivity contribution in [2.24, 2.45) is 5.92 Å². The molecular weight excluding hydrogens is 510 g/mol. The summed E-state index contributed by atoms with van der Waals surface area (Å²) >= 11 is 13.6. The van der Waals surface area contributed by atoms with Crippen molar-refractivity contribution >= 4 is 57.6 Å². The van der Waals surface area contributed by atoms with Crippen LogP contribution in [0.5, 0.6) is 0 Å². The van der Waals surface area contributed by atoms with Gasteiger partial charge >= 0.3 is 5.97 Å². The number of nitrogens with one attached hydrogen (secondary N) is 1. The largest absolute Gasteiger partial charge is 0.478 e. The van der Waals surface area contributed by atoms with Gasteiger partial charge in [-0.2, -0.15) is 0 Å². The fourth-order valence-corrected chi connectivity index (χ4v) is 4.23. The van der Waals surface area contributed by atoms with E-state index in [1.807, 2.05) is 13.8 Å². The van der Waals surface area contributed by atoms with Gasteiger partial charge in [-0.15, -0.1) is 11.3 Å². The maximum absolute atomic E-state index is 15.0. The third kappa shape index (κ3) is 6.70. The van der Waals surface area contributed by atoms with E-state index in [4.69, 9.17) is 28.3 Å². The molecule has 3 aromatic rings. The van der Waals surface area contributed by atoms with Crippen LogP contribution in [-0.4, -0.2) is 22.0 Å². The summed E-state index contributed by atoms with van der Waals surface area (Å²) in [6, 6.07) is 7.70. The van der Waals surface area contributed by atoms with Gasteiger partial charge in [-0.05, 0) is 43.2 Å². The van der Waals surface area contributed by atoms with Crippen molar-refractivity contribution in [3.63, 3.8) is 0 Å². The average Bonchev–Trinajstić information content (AvgIpc) is 3.24. The lowest BCUT2D eigenvalue weighted by atomic mass is 10.1. The monoisotopic (exact) mass is 530 g/mol. The molecule has 5 nitrogen and oxygen atoms in total. The zero-order chi connectivity index (χ0) is 25.7. The zero-order valence-electron chi connectivity index (χ0n) is 19.1. The lowest BCUT2D eigenvalue weighted by Crippen LogP contribution is -2.12. The Morgan fingerprint density at radius 3 is 2.57 bits per heavy atom. The molecule has 35 heavy (non-hydrogen) atoms. The summed E-state index contributed by atoms with van der Waals surface area (Å²) in [6.07, 6.45) is 2.00. The number of benzene rings is 2. The lowest BCUT2D eigenvalue weighted by Gasteiger charge is -2.08. The summed E-state index contributed by atoms with van der Waals surface area (Å²) in [6.45, 7) is 5.49. The van der Waals surface area contributed by atoms with Gasteiger partial charge in [-0.3, -0.25) is 10.1 Å². The van der Waals surface area contributed by atoms with Crippen LogP contribution in [0.4, 0.5) is 9.52 Å². The highest BCUT2D eigenvalue weighted by Crippen LogP contribution is 2.31. The van der Waals surface area contributed by atoms with Crippen molar-refractivity contribution < 1.29 is 19.1 Å². The summed E-state index contributed by atoms with van der Waals surface area (Å²) in [5.41, 5.74) is 1.45. The fraction of sp³-hybridized carbons (Fsp3) is 0.192. The molecule has 0 aliphatic rings. The number of amides is 1. The Balaban J connectivity index is 1.81. The van der Waals surface area contributed by atoms with Crippen molar-refractivity contribution in [3.8, 4) is 23.1 Å². The summed E-state index contributed by atoms with van der Waals surface area (Å²) < 4.78 is 15.0. The number of hydrogen-bond donors (Lipinski definition) is 2. The molecule has 0 aliphatic heterocycles. The van der Waals surface area contributed by atoms with Gasteiger partial charge in [0, 0.05) is 34.1 Å². The first-order valence-electron chi connectivity index (χ1n) is 10.5. The average molecular weight is 531 g/mol. The van der Waals surface area contributed by atoms with Crippen LogP contribution in [0.15, 0.2) is 41.3 Å². The molecule has 0 aliphatic carbocycles. The first-order chi connectivity index (χ1) is 16.6. The standard InChI is InChI=1S/C26H21Cl2FN2O3S/c1-14(2)6-4-7-16-8-5-9-18(23(16)29)22-13-35-26(30-22)31-24(32)17-11-20(27)19(21(28)12-17)10-15(3)25(33)34/h5,8-14H,6H2,1-3H3,(H,33,34)(H,30,31,32)/b15-10+. The van der Waals surface area contributed by atoms with E-state index in [0.29, 0.717) is 29.2 Å². The predicted molar refractivity (Wildman–Crippen MR) is 140 cm³/mol. The predicted octanol–water partition coefficient (Wildman–Crippen LogP) is 7.39. The number of aliphatic carboxylic acids is 1. The number of rotatable bonds is 6. The Morgan fingerprint density at radius 2 is 1.94 bits per heavy atom. The molecule has 0 saturated carbocycles. The number of carboxylic acids is 1. The summed E-state index contributed by atoms with van der Waals surface area (Å²) in [7, 11) is 0. The van der Waals surface area contributed by atoms with Crippen molar-refractivity contribution in [1.29, 1.82) is 0 Å². The van der Waals surface area contributed by atoms with Gasteiger partial charge in [0.05, 0.1) is 21.3 Å². The molecule has 0 fully saturated rings. The molecule has 3 rings (SSSR count). The third-order valence-corrected chi connectivity index (χ3v) is 6.16. The molecule has 2 N–H and O–H groups in total. The van der Waals surface area contributed by atoms with E-state index in [-0.39, 0.29) is 31.9 Å². The van der Waals surface area contributed by atoms with Crippen molar-refractivity contribution in [2.45, 2.75) is 27.2 Å². The fourth-order valence-electron chi connectivity index (χ4n) is 2.93. The maximum atomic E-state index is 15.0. The SMILES string of the molecule is C/C(=C\c1c(Cl)cc(C(=O)Nc2nc(-c3cccc(C#CCC(C)C)c3F)cs2)cc1Cl)C(=O)O. The van der Waals surface area contributed by atoms with Crippen molar-refractivity contribution in [3.05, 3.63) is 73.8 Å². The molecular formula is C26H21Cl2FN2O3S. The van der Waals surface area contributed by atoms with E-state index in [0.717, 1.165) is 11.3 Å². The molecule has 1 heterocycles. The van der Waals surface area contributed by atoms with Gasteiger partial charge in [0.15, 0.2) is 5.13 Å². The van der Waals surface area contributed by atoms with Crippen molar-refractivity contribution in [2.75, 3.05) is 5.32 Å². The maximum Gasteiger partial charge on any atom is 0.331 e. The van der Waals surface area contributed by atoms with E-state index in [2.05, 4.69) is 22.1 Å². The summed E-state index contributed by atoms with van der Waals surface area (Å²) in [4.78, 5) is 28.1. The minimum atomic E-state index is -1.11. The smallest absolute Gasteiger partial charge is 0.331 e. The van der Waals surface area contributed by atoms with Gasteiger partial charge < -0.3 is 5.11 Å². The number of hydrogen-bond acceptors (Lipinski definition) is 4. The molecule has 180 valence electrons. The quantitative estimate of drug-likeness (QED) is 0.257. The number of carbonyl (C=O) groups excluding carboxylic acids is 1. The lowest BCUT2D eigenvalue weighted by molar-refractivity contribution is -0.132. The summed E-state index contributed by atoms with van der Waals surface area (Å²) in [5, 5.41) is 13.9. The topological polar surface area (TPSA) is 79.3 Å². The Hall–Kier alpha value is -3.18. The third-order valence-electron chi connectivity index (χ3n) is 4.77. The number of aromatic nitrogens is 1. The van der Waals surface area contributed by atoms with Gasteiger partial charge in [0.1, 0.15) is 5.82 Å². The molecule has 0 radical (unpaired) electrons. The highest BCUT2D eigenvalue weighted by molar-refractivity contribution is 7.14. The van der Waals surface area contributed by atoms with Crippen LogP contribution in [0.1, 0.15) is 48.7 Å². The Bertz CT molecular complexity index is 1360. The number of carboxylic acid groups (broad SMARTS) is 1. The number of anilines is 1. The van der Waals surface area contributed by atoms with Gasteiger partial charge in [-0.25, -0.2) is 14.2 Å². The van der Waals surface area contributed by atoms with E-state index in [1.54, 1.807) is 23.6 Å². The second kappa shape index (κ2) is 11.5. The normalized spacial score (nSPS) is 11.2. The van der Waals surface area contributed by atoms with Crippen LogP contribution in [-0.2, 0) is 4.79 Å². The first kappa shape index (κ1) is 26.4. The Labute approximate surface area is 216 Å². The minimum Gasteiger partial charge on any atom is -0.478 e. The van der Waals surface area contributed by atoms with E-state index in [1.165, 1.54) is 25.1 Å². The Kier molecular flexibility index (Phi) is 8.68. The van der Waals surface area contributed by atoms with Gasteiger partial charge in [0.25, 0.3) is 5.91 Å². The molecule has 0 atom stereocenters. The second-order valence-corrected chi connectivity index (χ2v) is 9.72. The molecule has 0 saturated heterocycles. The van der Waals surface area contributed by atoms with Crippen LogP contribution >= 0.6 is 34.5 Å². The number of nitrogens with zero attached hydrogens (tertiary/aromatic N) is 1. The first-order valence-corrected chi connectivity index (χ1v) is 12.2. The minimum absolute atomic E-state index is 0.0449. The van der Waals surface area contributed by atoms with Crippen LogP contribution in [0.2, 0.25) is 10.0 Å². The second-order valence-electron chi connectivity index (χ2n) is 8.04. The van der Waals surface area contributed by atoms with Crippen LogP contribution in [0, 0.1) is 23.6 Å². The molecule has 2 aromatic carbocycles. The van der Waals surface area contributed by atoms with Crippen LogP contribution in [0.25, 0.3) is 17.3 Å². The molecule has 9 heteroatoms. The van der Waals surface area contributed by atoms with Gasteiger partial charge in [0.2, 0.25) is 0 Å². The Morgan fingerprint density at radius 1 is 1.26 bits per heavy atom.